The van der Waals surface area contributed by atoms with Gasteiger partial charge in [-0.15, -0.1) is 0 Å². The van der Waals surface area contributed by atoms with E-state index >= 15 is 0 Å². The number of hydrogen-bond acceptors (Lipinski definition) is 3. The van der Waals surface area contributed by atoms with E-state index in [-0.39, 0.29) is 22.8 Å². The summed E-state index contributed by atoms with van der Waals surface area (Å²) in [7, 11) is 1.15. The van der Waals surface area contributed by atoms with E-state index in [1.165, 1.54) is 23.1 Å². The van der Waals surface area contributed by atoms with Crippen LogP contribution >= 0.6 is 0 Å². The number of nitrogens with zero attached hydrogens (tertiary/aromatic N) is 1. The summed E-state index contributed by atoms with van der Waals surface area (Å²) in [6, 6.07) is 3.21. The SMILES string of the molecule is COc1cccc(NC(=O)N2CCC3(CC2)CNC(=O)C3)c1C(F)(F)F. The van der Waals surface area contributed by atoms with Crippen LogP contribution < -0.4 is 15.4 Å². The van der Waals surface area contributed by atoms with Crippen LogP contribution in [-0.4, -0.2) is 43.6 Å². The molecule has 2 N–H and O–H groups in total. The highest BCUT2D eigenvalue weighted by Gasteiger charge is 2.42. The lowest BCUT2D eigenvalue weighted by molar-refractivity contribution is -0.138. The van der Waals surface area contributed by atoms with Crippen molar-refractivity contribution in [2.45, 2.75) is 25.4 Å². The number of nitrogens with one attached hydrogen (secondary N) is 2. The second-order valence-corrected chi connectivity index (χ2v) is 6.75. The van der Waals surface area contributed by atoms with Crippen LogP contribution in [0.2, 0.25) is 0 Å². The Labute approximate surface area is 148 Å². The zero-order valence-corrected chi connectivity index (χ0v) is 14.3. The molecule has 0 atom stereocenters. The summed E-state index contributed by atoms with van der Waals surface area (Å²) in [6.07, 6.45) is -2.93. The Hall–Kier alpha value is -2.45. The number of hydrogen-bond donors (Lipinski definition) is 2. The fourth-order valence-electron chi connectivity index (χ4n) is 3.58. The number of benzene rings is 1. The number of urea groups is 1. The molecule has 1 aromatic rings. The topological polar surface area (TPSA) is 70.7 Å². The van der Waals surface area contributed by atoms with Gasteiger partial charge in [-0.3, -0.25) is 4.79 Å². The van der Waals surface area contributed by atoms with E-state index in [9.17, 15) is 22.8 Å². The minimum absolute atomic E-state index is 0.00843. The van der Waals surface area contributed by atoms with E-state index < -0.39 is 17.8 Å². The quantitative estimate of drug-likeness (QED) is 0.840. The molecule has 2 aliphatic rings. The van der Waals surface area contributed by atoms with Gasteiger partial charge in [0.2, 0.25) is 5.91 Å². The van der Waals surface area contributed by atoms with E-state index in [1.54, 1.807) is 0 Å². The summed E-state index contributed by atoms with van der Waals surface area (Å²) in [5.41, 5.74) is -1.48. The highest BCUT2D eigenvalue weighted by atomic mass is 19.4. The number of carbonyl (C=O) groups excluding carboxylic acids is 2. The van der Waals surface area contributed by atoms with Crippen molar-refractivity contribution in [2.75, 3.05) is 32.1 Å². The molecule has 26 heavy (non-hydrogen) atoms. The van der Waals surface area contributed by atoms with E-state index in [1.807, 2.05) is 0 Å². The van der Waals surface area contributed by atoms with Crippen LogP contribution in [0.15, 0.2) is 18.2 Å². The van der Waals surface area contributed by atoms with Crippen molar-refractivity contribution in [3.8, 4) is 5.75 Å². The van der Waals surface area contributed by atoms with Gasteiger partial charge in [0.1, 0.15) is 11.3 Å². The molecule has 1 aromatic carbocycles. The fraction of sp³-hybridized carbons (Fsp3) is 0.529. The van der Waals surface area contributed by atoms with Crippen molar-refractivity contribution in [3.05, 3.63) is 23.8 Å². The van der Waals surface area contributed by atoms with E-state index in [2.05, 4.69) is 10.6 Å². The first-order valence-corrected chi connectivity index (χ1v) is 8.31. The molecule has 0 aromatic heterocycles. The summed E-state index contributed by atoms with van der Waals surface area (Å²) in [4.78, 5) is 25.4. The molecule has 3 amide bonds. The van der Waals surface area contributed by atoms with E-state index in [4.69, 9.17) is 4.74 Å². The largest absolute Gasteiger partial charge is 0.496 e. The molecule has 0 unspecified atom stereocenters. The van der Waals surface area contributed by atoms with Crippen LogP contribution in [0.1, 0.15) is 24.8 Å². The Balaban J connectivity index is 1.71. The zero-order valence-electron chi connectivity index (χ0n) is 14.3. The minimum Gasteiger partial charge on any atom is -0.496 e. The summed E-state index contributed by atoms with van der Waals surface area (Å²) in [5, 5.41) is 5.16. The normalized spacial score (nSPS) is 19.4. The molecule has 2 saturated heterocycles. The van der Waals surface area contributed by atoms with Gasteiger partial charge in [-0.1, -0.05) is 6.07 Å². The second-order valence-electron chi connectivity index (χ2n) is 6.75. The third-order valence-electron chi connectivity index (χ3n) is 5.08. The van der Waals surface area contributed by atoms with Crippen molar-refractivity contribution in [2.24, 2.45) is 5.41 Å². The summed E-state index contributed by atoms with van der Waals surface area (Å²) >= 11 is 0. The van der Waals surface area contributed by atoms with Crippen LogP contribution in [0.25, 0.3) is 0 Å². The third-order valence-corrected chi connectivity index (χ3v) is 5.08. The molecule has 0 saturated carbocycles. The van der Waals surface area contributed by atoms with Crippen LogP contribution in [0.3, 0.4) is 0 Å². The predicted molar refractivity (Wildman–Crippen MR) is 87.9 cm³/mol. The molecule has 9 heteroatoms. The number of piperidine rings is 1. The molecule has 142 valence electrons. The maximum atomic E-state index is 13.3. The maximum Gasteiger partial charge on any atom is 0.421 e. The van der Waals surface area contributed by atoms with Gasteiger partial charge < -0.3 is 20.3 Å². The molecule has 2 fully saturated rings. The van der Waals surface area contributed by atoms with Crippen molar-refractivity contribution < 1.29 is 27.5 Å². The molecule has 0 radical (unpaired) electrons. The highest BCUT2D eigenvalue weighted by molar-refractivity contribution is 5.91. The van der Waals surface area contributed by atoms with Gasteiger partial charge in [-0.2, -0.15) is 13.2 Å². The van der Waals surface area contributed by atoms with Gasteiger partial charge >= 0.3 is 12.2 Å². The smallest absolute Gasteiger partial charge is 0.421 e. The van der Waals surface area contributed by atoms with Crippen LogP contribution in [0, 0.1) is 5.41 Å². The van der Waals surface area contributed by atoms with E-state index in [0.717, 1.165) is 7.11 Å². The van der Waals surface area contributed by atoms with Crippen molar-refractivity contribution >= 4 is 17.6 Å². The second kappa shape index (κ2) is 6.69. The molecular weight excluding hydrogens is 351 g/mol. The Morgan fingerprint density at radius 1 is 1.31 bits per heavy atom. The Morgan fingerprint density at radius 2 is 2.00 bits per heavy atom. The lowest BCUT2D eigenvalue weighted by Crippen LogP contribution is -2.45. The molecule has 0 aliphatic carbocycles. The van der Waals surface area contributed by atoms with Gasteiger partial charge in [0.15, 0.2) is 0 Å². The molecule has 1 spiro atoms. The third kappa shape index (κ3) is 3.56. The minimum atomic E-state index is -4.66. The Kier molecular flexibility index (Phi) is 4.72. The molecule has 0 bridgehead atoms. The number of amides is 3. The number of carbonyl (C=O) groups is 2. The number of anilines is 1. The molecule has 2 heterocycles. The van der Waals surface area contributed by atoms with E-state index in [0.29, 0.717) is 38.9 Å². The van der Waals surface area contributed by atoms with Crippen LogP contribution in [-0.2, 0) is 11.0 Å². The van der Waals surface area contributed by atoms with Crippen molar-refractivity contribution in [3.63, 3.8) is 0 Å². The van der Waals surface area contributed by atoms with Gasteiger partial charge in [0, 0.05) is 26.1 Å². The molecule has 6 nitrogen and oxygen atoms in total. The fourth-order valence-corrected chi connectivity index (χ4v) is 3.58. The molecule has 3 rings (SSSR count). The van der Waals surface area contributed by atoms with Gasteiger partial charge in [0.05, 0.1) is 12.8 Å². The molecular formula is C17H20F3N3O3. The van der Waals surface area contributed by atoms with Crippen LogP contribution in [0.5, 0.6) is 5.75 Å². The summed E-state index contributed by atoms with van der Waals surface area (Å²) < 4.78 is 44.8. The first-order chi connectivity index (χ1) is 12.2. The Bertz CT molecular complexity index is 713. The summed E-state index contributed by atoms with van der Waals surface area (Å²) in [6.45, 7) is 1.38. The van der Waals surface area contributed by atoms with Gasteiger partial charge in [-0.25, -0.2) is 4.79 Å². The number of alkyl halides is 3. The lowest BCUT2D eigenvalue weighted by Gasteiger charge is -2.38. The maximum absolute atomic E-state index is 13.3. The first-order valence-electron chi connectivity index (χ1n) is 8.31. The number of likely N-dealkylation sites (tertiary alicyclic amines) is 1. The number of ether oxygens (including phenoxy) is 1. The van der Waals surface area contributed by atoms with Crippen molar-refractivity contribution in [1.82, 2.24) is 10.2 Å². The van der Waals surface area contributed by atoms with Crippen molar-refractivity contribution in [1.29, 1.82) is 0 Å². The average molecular weight is 371 g/mol. The zero-order chi connectivity index (χ0) is 18.9. The lowest BCUT2D eigenvalue weighted by atomic mass is 9.78. The predicted octanol–water partition coefficient (Wildman–Crippen LogP) is 2.85. The first kappa shape index (κ1) is 18.3. The van der Waals surface area contributed by atoms with Gasteiger partial charge in [-0.05, 0) is 30.4 Å². The average Bonchev–Trinajstić information content (AvgIpc) is 2.94. The molecule has 2 aliphatic heterocycles. The number of methoxy groups -OCH3 is 1. The van der Waals surface area contributed by atoms with Crippen LogP contribution in [0.4, 0.5) is 23.7 Å². The summed E-state index contributed by atoms with van der Waals surface area (Å²) in [5.74, 6) is -0.336. The Morgan fingerprint density at radius 3 is 2.54 bits per heavy atom. The highest BCUT2D eigenvalue weighted by Crippen LogP contribution is 2.42. The monoisotopic (exact) mass is 371 g/mol. The van der Waals surface area contributed by atoms with Gasteiger partial charge in [0.25, 0.3) is 0 Å². The standard InChI is InChI=1S/C17H20F3N3O3/c1-26-12-4-2-3-11(14(12)17(18,19)20)22-15(25)23-7-5-16(6-8-23)9-13(24)21-10-16/h2-4H,5-10H2,1H3,(H,21,24)(H,22,25). The number of halogens is 3. The number of rotatable bonds is 2.